The zero-order valence-electron chi connectivity index (χ0n) is 14.6. The van der Waals surface area contributed by atoms with Crippen molar-refractivity contribution in [1.82, 2.24) is 9.88 Å². The highest BCUT2D eigenvalue weighted by atomic mass is 16.6. The van der Waals surface area contributed by atoms with Gasteiger partial charge in [0.05, 0.1) is 11.8 Å². The summed E-state index contributed by atoms with van der Waals surface area (Å²) in [5, 5.41) is 0. The van der Waals surface area contributed by atoms with Gasteiger partial charge in [0.25, 0.3) is 0 Å². The van der Waals surface area contributed by atoms with Crippen LogP contribution in [0.3, 0.4) is 0 Å². The second kappa shape index (κ2) is 7.81. The molecule has 0 spiro atoms. The number of hydrogen-bond donors (Lipinski definition) is 0. The first-order chi connectivity index (χ1) is 10.8. The number of rotatable bonds is 5. The summed E-state index contributed by atoms with van der Waals surface area (Å²) in [7, 11) is 0. The van der Waals surface area contributed by atoms with Gasteiger partial charge in [0.2, 0.25) is 0 Å². The van der Waals surface area contributed by atoms with E-state index >= 15 is 0 Å². The molecule has 1 aromatic heterocycles. The van der Waals surface area contributed by atoms with Crippen LogP contribution in [0.15, 0.2) is 10.8 Å². The van der Waals surface area contributed by atoms with Gasteiger partial charge in [-0.2, -0.15) is 0 Å². The lowest BCUT2D eigenvalue weighted by molar-refractivity contribution is -0.0117. The number of piperidine rings is 1. The molecular formula is C17H28N2O4. The van der Waals surface area contributed by atoms with Crippen molar-refractivity contribution >= 4 is 6.09 Å². The van der Waals surface area contributed by atoms with E-state index in [-0.39, 0.29) is 12.2 Å². The van der Waals surface area contributed by atoms with Crippen molar-refractivity contribution in [3.05, 3.63) is 17.8 Å². The lowest BCUT2D eigenvalue weighted by atomic mass is 10.1. The Bertz CT molecular complexity index is 499. The summed E-state index contributed by atoms with van der Waals surface area (Å²) >= 11 is 0. The molecule has 2 heterocycles. The first-order valence-corrected chi connectivity index (χ1v) is 8.33. The standard InChI is InChI=1S/C17H28N2O4/c1-13-15(18-12-22-13)6-5-11-21-14-7-9-19(10-8-14)16(20)23-17(2,3)4/h12,14H,5-11H2,1-4H3. The minimum atomic E-state index is -0.441. The van der Waals surface area contributed by atoms with Crippen molar-refractivity contribution in [3.63, 3.8) is 0 Å². The maximum atomic E-state index is 12.0. The van der Waals surface area contributed by atoms with Gasteiger partial charge in [0, 0.05) is 19.7 Å². The molecule has 1 aliphatic heterocycles. The van der Waals surface area contributed by atoms with Gasteiger partial charge in [-0.05, 0) is 53.4 Å². The number of carbonyl (C=O) groups is 1. The van der Waals surface area contributed by atoms with E-state index in [0.29, 0.717) is 19.7 Å². The molecule has 0 aromatic carbocycles. The van der Waals surface area contributed by atoms with Gasteiger partial charge in [-0.1, -0.05) is 0 Å². The minimum absolute atomic E-state index is 0.225. The van der Waals surface area contributed by atoms with Crippen LogP contribution < -0.4 is 0 Å². The Hall–Kier alpha value is -1.56. The zero-order chi connectivity index (χ0) is 16.9. The van der Waals surface area contributed by atoms with Crippen LogP contribution in [0.2, 0.25) is 0 Å². The lowest BCUT2D eigenvalue weighted by Crippen LogP contribution is -2.43. The number of likely N-dealkylation sites (tertiary alicyclic amines) is 1. The maximum absolute atomic E-state index is 12.0. The Balaban J connectivity index is 1.61. The molecule has 1 aliphatic rings. The molecule has 0 N–H and O–H groups in total. The molecular weight excluding hydrogens is 296 g/mol. The fraction of sp³-hybridized carbons (Fsp3) is 0.765. The molecule has 1 saturated heterocycles. The summed E-state index contributed by atoms with van der Waals surface area (Å²) in [6.45, 7) is 9.69. The molecule has 1 aromatic rings. The van der Waals surface area contributed by atoms with Gasteiger partial charge >= 0.3 is 6.09 Å². The van der Waals surface area contributed by atoms with Crippen LogP contribution in [0.1, 0.15) is 51.5 Å². The normalized spacial score (nSPS) is 16.6. The molecule has 0 radical (unpaired) electrons. The van der Waals surface area contributed by atoms with Crippen LogP contribution in [-0.4, -0.2) is 47.4 Å². The van der Waals surface area contributed by atoms with Gasteiger partial charge in [-0.3, -0.25) is 0 Å². The molecule has 23 heavy (non-hydrogen) atoms. The van der Waals surface area contributed by atoms with Gasteiger partial charge in [-0.15, -0.1) is 0 Å². The van der Waals surface area contributed by atoms with E-state index in [4.69, 9.17) is 13.9 Å². The Labute approximate surface area is 138 Å². The predicted octanol–water partition coefficient (Wildman–Crippen LogP) is 3.33. The van der Waals surface area contributed by atoms with E-state index in [9.17, 15) is 4.79 Å². The average Bonchev–Trinajstić information content (AvgIpc) is 2.88. The quantitative estimate of drug-likeness (QED) is 0.777. The summed E-state index contributed by atoms with van der Waals surface area (Å²) in [6.07, 6.45) is 5.02. The average molecular weight is 324 g/mol. The third kappa shape index (κ3) is 5.86. The largest absolute Gasteiger partial charge is 0.449 e. The number of ether oxygens (including phenoxy) is 2. The van der Waals surface area contributed by atoms with E-state index in [1.807, 2.05) is 27.7 Å². The van der Waals surface area contributed by atoms with Gasteiger partial charge in [-0.25, -0.2) is 9.78 Å². The summed E-state index contributed by atoms with van der Waals surface area (Å²) in [5.74, 6) is 0.885. The van der Waals surface area contributed by atoms with E-state index in [0.717, 1.165) is 37.1 Å². The van der Waals surface area contributed by atoms with Crippen molar-refractivity contribution in [2.45, 2.75) is 65.1 Å². The third-order valence-corrected chi connectivity index (χ3v) is 3.85. The Morgan fingerprint density at radius 2 is 2.09 bits per heavy atom. The first-order valence-electron chi connectivity index (χ1n) is 8.33. The van der Waals surface area contributed by atoms with Crippen LogP contribution in [-0.2, 0) is 15.9 Å². The zero-order valence-corrected chi connectivity index (χ0v) is 14.6. The number of amides is 1. The van der Waals surface area contributed by atoms with Crippen molar-refractivity contribution in [3.8, 4) is 0 Å². The fourth-order valence-electron chi connectivity index (χ4n) is 2.59. The van der Waals surface area contributed by atoms with Crippen molar-refractivity contribution in [1.29, 1.82) is 0 Å². The Morgan fingerprint density at radius 1 is 1.39 bits per heavy atom. The molecule has 0 aliphatic carbocycles. The second-order valence-corrected chi connectivity index (χ2v) is 7.00. The monoisotopic (exact) mass is 324 g/mol. The maximum Gasteiger partial charge on any atom is 0.410 e. The molecule has 2 rings (SSSR count). The number of oxazole rings is 1. The summed E-state index contributed by atoms with van der Waals surface area (Å²) < 4.78 is 16.5. The number of hydrogen-bond acceptors (Lipinski definition) is 5. The van der Waals surface area contributed by atoms with Crippen LogP contribution in [0.25, 0.3) is 0 Å². The van der Waals surface area contributed by atoms with E-state index < -0.39 is 5.60 Å². The van der Waals surface area contributed by atoms with E-state index in [1.54, 1.807) is 4.90 Å². The molecule has 1 fully saturated rings. The Kier molecular flexibility index (Phi) is 6.04. The molecule has 1 amide bonds. The molecule has 6 heteroatoms. The van der Waals surface area contributed by atoms with E-state index in [1.165, 1.54) is 6.39 Å². The molecule has 6 nitrogen and oxygen atoms in total. The van der Waals surface area contributed by atoms with Gasteiger partial charge in [0.15, 0.2) is 6.39 Å². The first kappa shape index (κ1) is 17.8. The highest BCUT2D eigenvalue weighted by Gasteiger charge is 2.27. The number of carbonyl (C=O) groups excluding carboxylic acids is 1. The molecule has 0 atom stereocenters. The molecule has 0 unspecified atom stereocenters. The summed E-state index contributed by atoms with van der Waals surface area (Å²) in [5.41, 5.74) is 0.567. The van der Waals surface area contributed by atoms with Crippen molar-refractivity contribution < 1.29 is 18.7 Å². The van der Waals surface area contributed by atoms with Gasteiger partial charge in [0.1, 0.15) is 11.4 Å². The summed E-state index contributed by atoms with van der Waals surface area (Å²) in [6, 6.07) is 0. The van der Waals surface area contributed by atoms with E-state index in [2.05, 4.69) is 4.98 Å². The number of aryl methyl sites for hydroxylation is 2. The van der Waals surface area contributed by atoms with Crippen molar-refractivity contribution in [2.24, 2.45) is 0 Å². The highest BCUT2D eigenvalue weighted by molar-refractivity contribution is 5.68. The Morgan fingerprint density at radius 3 is 2.65 bits per heavy atom. The molecule has 0 saturated carbocycles. The van der Waals surface area contributed by atoms with Crippen LogP contribution in [0.4, 0.5) is 4.79 Å². The van der Waals surface area contributed by atoms with Crippen LogP contribution in [0, 0.1) is 6.92 Å². The topological polar surface area (TPSA) is 64.8 Å². The molecule has 130 valence electrons. The van der Waals surface area contributed by atoms with Crippen molar-refractivity contribution in [2.75, 3.05) is 19.7 Å². The minimum Gasteiger partial charge on any atom is -0.449 e. The summed E-state index contributed by atoms with van der Waals surface area (Å²) in [4.78, 5) is 17.9. The fourth-order valence-corrected chi connectivity index (χ4v) is 2.59. The lowest BCUT2D eigenvalue weighted by Gasteiger charge is -2.33. The number of nitrogens with zero attached hydrogens (tertiary/aromatic N) is 2. The third-order valence-electron chi connectivity index (χ3n) is 3.85. The highest BCUT2D eigenvalue weighted by Crippen LogP contribution is 2.18. The second-order valence-electron chi connectivity index (χ2n) is 7.00. The predicted molar refractivity (Wildman–Crippen MR) is 86.3 cm³/mol. The SMILES string of the molecule is Cc1ocnc1CCCOC1CCN(C(=O)OC(C)(C)C)CC1. The smallest absolute Gasteiger partial charge is 0.410 e. The molecule has 0 bridgehead atoms. The number of aromatic nitrogens is 1. The van der Waals surface area contributed by atoms with Crippen LogP contribution in [0.5, 0.6) is 0 Å². The van der Waals surface area contributed by atoms with Gasteiger partial charge < -0.3 is 18.8 Å². The van der Waals surface area contributed by atoms with Crippen LogP contribution >= 0.6 is 0 Å².